The first-order chi connectivity index (χ1) is 16.0. The molecule has 0 radical (unpaired) electrons. The van der Waals surface area contributed by atoms with Crippen LogP contribution < -0.4 is 14.5 Å². The number of fused-ring (bicyclic) bond motifs is 1. The second kappa shape index (κ2) is 9.45. The van der Waals surface area contributed by atoms with Crippen LogP contribution in [0.25, 0.3) is 10.2 Å². The quantitative estimate of drug-likeness (QED) is 0.220. The minimum Gasteiger partial charge on any atom is -0.497 e. The smallest absolute Gasteiger partial charge is 0.280 e. The molecule has 0 saturated carbocycles. The van der Waals surface area contributed by atoms with E-state index in [0.717, 1.165) is 4.70 Å². The zero-order valence-corrected chi connectivity index (χ0v) is 18.5. The minimum absolute atomic E-state index is 0.0309. The van der Waals surface area contributed by atoms with Crippen molar-refractivity contribution in [3.8, 4) is 11.5 Å². The van der Waals surface area contributed by atoms with Gasteiger partial charge in [0.1, 0.15) is 11.5 Å². The number of ether oxygens (including phenoxy) is 2. The second-order valence-electron chi connectivity index (χ2n) is 6.77. The van der Waals surface area contributed by atoms with Crippen LogP contribution in [0.2, 0.25) is 0 Å². The van der Waals surface area contributed by atoms with Gasteiger partial charge in [-0.05, 0) is 54.1 Å². The van der Waals surface area contributed by atoms with Crippen molar-refractivity contribution < 1.29 is 19.2 Å². The number of thiazole rings is 1. The minimum atomic E-state index is -0.477. The molecule has 1 heterocycles. The third kappa shape index (κ3) is 4.80. The molecule has 0 saturated heterocycles. The molecule has 0 unspecified atom stereocenters. The van der Waals surface area contributed by atoms with E-state index >= 15 is 0 Å². The number of aromatic nitrogens is 1. The Morgan fingerprint density at radius 3 is 2.48 bits per heavy atom. The molecule has 0 bridgehead atoms. The van der Waals surface area contributed by atoms with Crippen LogP contribution in [0.5, 0.6) is 11.5 Å². The van der Waals surface area contributed by atoms with Gasteiger partial charge in [-0.1, -0.05) is 17.4 Å². The number of hydrogen-bond acceptors (Lipinski definition) is 8. The lowest BCUT2D eigenvalue weighted by atomic mass is 10.2. The van der Waals surface area contributed by atoms with E-state index in [2.05, 4.69) is 10.1 Å². The molecule has 0 fully saturated rings. The van der Waals surface area contributed by atoms with E-state index in [0.29, 0.717) is 33.3 Å². The molecule has 0 N–H and O–H groups in total. The molecular formula is C23H18N4O5S. The van der Waals surface area contributed by atoms with E-state index in [4.69, 9.17) is 9.47 Å². The van der Waals surface area contributed by atoms with Crippen molar-refractivity contribution in [2.24, 2.45) is 5.10 Å². The molecule has 4 rings (SSSR count). The van der Waals surface area contributed by atoms with Gasteiger partial charge in [-0.2, -0.15) is 10.1 Å². The summed E-state index contributed by atoms with van der Waals surface area (Å²) in [5.41, 5.74) is 1.63. The molecule has 1 aromatic heterocycles. The van der Waals surface area contributed by atoms with Crippen LogP contribution in [-0.2, 0) is 0 Å². The average Bonchev–Trinajstić information content (AvgIpc) is 3.27. The standard InChI is InChI=1S/C23H18N4O5S/c1-31-18-5-3-4-16(12-18)22(28)26(24-14-15-6-8-17(9-7-15)27(29)30)23-25-20-11-10-19(32-2)13-21(20)33-23/h3-14H,1-2H3/b24-14+. The normalized spacial score (nSPS) is 11.0. The molecule has 4 aromatic rings. The number of hydrazone groups is 1. The Bertz CT molecular complexity index is 1350. The molecule has 33 heavy (non-hydrogen) atoms. The number of benzene rings is 3. The van der Waals surface area contributed by atoms with Crippen molar-refractivity contribution >= 4 is 44.5 Å². The highest BCUT2D eigenvalue weighted by atomic mass is 32.1. The van der Waals surface area contributed by atoms with Gasteiger partial charge in [0.2, 0.25) is 5.13 Å². The van der Waals surface area contributed by atoms with E-state index in [-0.39, 0.29) is 5.69 Å². The van der Waals surface area contributed by atoms with Crippen molar-refractivity contribution in [2.45, 2.75) is 0 Å². The van der Waals surface area contributed by atoms with Crippen LogP contribution in [-0.4, -0.2) is 36.2 Å². The summed E-state index contributed by atoms with van der Waals surface area (Å²) in [6.07, 6.45) is 1.45. The van der Waals surface area contributed by atoms with Crippen LogP contribution in [0.15, 0.2) is 71.8 Å². The first kappa shape index (κ1) is 21.9. The summed E-state index contributed by atoms with van der Waals surface area (Å²) in [5.74, 6) is 0.810. The Morgan fingerprint density at radius 2 is 1.79 bits per heavy atom. The number of rotatable bonds is 7. The highest BCUT2D eigenvalue weighted by Crippen LogP contribution is 2.32. The monoisotopic (exact) mass is 462 g/mol. The summed E-state index contributed by atoms with van der Waals surface area (Å²) in [6, 6.07) is 18.0. The van der Waals surface area contributed by atoms with Crippen LogP contribution in [0.4, 0.5) is 10.8 Å². The third-order valence-electron chi connectivity index (χ3n) is 4.70. The number of nitrogens with zero attached hydrogens (tertiary/aromatic N) is 4. The van der Waals surface area contributed by atoms with Crippen LogP contribution in [0.1, 0.15) is 15.9 Å². The van der Waals surface area contributed by atoms with Crippen molar-refractivity contribution in [1.29, 1.82) is 0 Å². The van der Waals surface area contributed by atoms with Gasteiger partial charge < -0.3 is 9.47 Å². The topological polar surface area (TPSA) is 107 Å². The van der Waals surface area contributed by atoms with Gasteiger partial charge in [-0.15, -0.1) is 0 Å². The number of carbonyl (C=O) groups is 1. The number of methoxy groups -OCH3 is 2. The van der Waals surface area contributed by atoms with Crippen LogP contribution in [0.3, 0.4) is 0 Å². The largest absolute Gasteiger partial charge is 0.497 e. The Balaban J connectivity index is 1.74. The van der Waals surface area contributed by atoms with Gasteiger partial charge >= 0.3 is 0 Å². The number of amides is 1. The number of nitro groups is 1. The lowest BCUT2D eigenvalue weighted by Gasteiger charge is -2.14. The summed E-state index contributed by atoms with van der Waals surface area (Å²) in [4.78, 5) is 28.4. The van der Waals surface area contributed by atoms with Gasteiger partial charge in [0.05, 0.1) is 35.6 Å². The van der Waals surface area contributed by atoms with E-state index in [1.54, 1.807) is 49.6 Å². The Kier molecular flexibility index (Phi) is 6.27. The SMILES string of the molecule is COc1cccc(C(=O)N(/N=C/c2ccc([N+](=O)[O-])cc2)c2nc3ccc(OC)cc3s2)c1. The predicted octanol–water partition coefficient (Wildman–Crippen LogP) is 4.90. The fourth-order valence-electron chi connectivity index (χ4n) is 2.98. The van der Waals surface area contributed by atoms with E-state index in [9.17, 15) is 14.9 Å². The van der Waals surface area contributed by atoms with Crippen molar-refractivity contribution in [3.05, 3.63) is 88.0 Å². The lowest BCUT2D eigenvalue weighted by molar-refractivity contribution is -0.384. The maximum absolute atomic E-state index is 13.4. The van der Waals surface area contributed by atoms with E-state index in [1.165, 1.54) is 41.8 Å². The maximum atomic E-state index is 13.4. The number of anilines is 1. The fraction of sp³-hybridized carbons (Fsp3) is 0.0870. The predicted molar refractivity (Wildman–Crippen MR) is 127 cm³/mol. The molecule has 166 valence electrons. The van der Waals surface area contributed by atoms with Crippen LogP contribution >= 0.6 is 11.3 Å². The molecule has 1 amide bonds. The summed E-state index contributed by atoms with van der Waals surface area (Å²) in [6.45, 7) is 0. The molecule has 9 nitrogen and oxygen atoms in total. The average molecular weight is 462 g/mol. The fourth-order valence-corrected chi connectivity index (χ4v) is 3.93. The maximum Gasteiger partial charge on any atom is 0.280 e. The summed E-state index contributed by atoms with van der Waals surface area (Å²) in [7, 11) is 3.10. The van der Waals surface area contributed by atoms with Crippen LogP contribution in [0, 0.1) is 10.1 Å². The number of nitro benzene ring substituents is 1. The highest BCUT2D eigenvalue weighted by molar-refractivity contribution is 7.22. The molecule has 0 aliphatic carbocycles. The second-order valence-corrected chi connectivity index (χ2v) is 7.78. The lowest BCUT2D eigenvalue weighted by Crippen LogP contribution is -2.25. The van der Waals surface area contributed by atoms with Gasteiger partial charge in [-0.3, -0.25) is 14.9 Å². The molecular weight excluding hydrogens is 444 g/mol. The first-order valence-corrected chi connectivity index (χ1v) is 10.5. The highest BCUT2D eigenvalue weighted by Gasteiger charge is 2.22. The number of carbonyl (C=O) groups excluding carboxylic acids is 1. The van der Waals surface area contributed by atoms with Crippen molar-refractivity contribution in [3.63, 3.8) is 0 Å². The van der Waals surface area contributed by atoms with Gasteiger partial charge in [0.15, 0.2) is 0 Å². The molecule has 0 aliphatic rings. The van der Waals surface area contributed by atoms with Gasteiger partial charge in [-0.25, -0.2) is 4.98 Å². The molecule has 3 aromatic carbocycles. The van der Waals surface area contributed by atoms with Gasteiger partial charge in [0, 0.05) is 17.7 Å². The van der Waals surface area contributed by atoms with E-state index < -0.39 is 10.8 Å². The Morgan fingerprint density at radius 1 is 1.06 bits per heavy atom. The number of hydrogen-bond donors (Lipinski definition) is 0. The molecule has 0 atom stereocenters. The molecule has 0 spiro atoms. The first-order valence-electron chi connectivity index (χ1n) is 9.70. The Hall–Kier alpha value is -4.31. The zero-order valence-electron chi connectivity index (χ0n) is 17.7. The number of non-ortho nitro benzene ring substituents is 1. The van der Waals surface area contributed by atoms with E-state index in [1.807, 2.05) is 12.1 Å². The summed E-state index contributed by atoms with van der Waals surface area (Å²) in [5, 5.41) is 16.8. The van der Waals surface area contributed by atoms with Crippen molar-refractivity contribution in [2.75, 3.05) is 19.2 Å². The summed E-state index contributed by atoms with van der Waals surface area (Å²) < 4.78 is 11.3. The third-order valence-corrected chi connectivity index (χ3v) is 5.69. The summed E-state index contributed by atoms with van der Waals surface area (Å²) >= 11 is 1.29. The van der Waals surface area contributed by atoms with Crippen molar-refractivity contribution in [1.82, 2.24) is 4.98 Å². The zero-order chi connectivity index (χ0) is 23.4. The molecule has 10 heteroatoms. The Labute approximate surface area is 192 Å². The van der Waals surface area contributed by atoms with Gasteiger partial charge in [0.25, 0.3) is 11.6 Å². The molecule has 0 aliphatic heterocycles.